The maximum absolute atomic E-state index is 11.7. The van der Waals surface area contributed by atoms with E-state index in [-0.39, 0.29) is 0 Å². The van der Waals surface area contributed by atoms with E-state index >= 15 is 0 Å². The molecule has 0 radical (unpaired) electrons. The van der Waals surface area contributed by atoms with Gasteiger partial charge < -0.3 is 9.47 Å². The number of benzene rings is 1. The molecule has 0 aliphatic rings. The van der Waals surface area contributed by atoms with Gasteiger partial charge in [0.2, 0.25) is 0 Å². The number of nitriles is 1. The molecule has 1 aromatic rings. The van der Waals surface area contributed by atoms with E-state index < -0.39 is 17.7 Å². The Morgan fingerprint density at radius 3 is 2.53 bits per heavy atom. The first-order chi connectivity index (χ1) is 9.08. The number of nitrogens with zero attached hydrogens (tertiary/aromatic N) is 1. The molecule has 0 heterocycles. The maximum atomic E-state index is 11.7. The van der Waals surface area contributed by atoms with Crippen molar-refractivity contribution in [3.8, 4) is 11.8 Å². The normalized spacial score (nSPS) is 11.3. The van der Waals surface area contributed by atoms with Gasteiger partial charge in [0, 0.05) is 0 Å². The zero-order valence-electron chi connectivity index (χ0n) is 11.1. The Hall–Kier alpha value is -2.35. The molecular weight excluding hydrogens is 246 g/mol. The van der Waals surface area contributed by atoms with E-state index in [0.717, 1.165) is 12.7 Å². The number of methoxy groups -OCH3 is 2. The van der Waals surface area contributed by atoms with Crippen LogP contribution in [0.1, 0.15) is 24.0 Å². The van der Waals surface area contributed by atoms with E-state index in [1.54, 1.807) is 25.3 Å². The van der Waals surface area contributed by atoms with Crippen molar-refractivity contribution in [2.45, 2.75) is 19.3 Å². The lowest BCUT2D eigenvalue weighted by molar-refractivity contribution is -0.151. The molecule has 0 saturated carbocycles. The summed E-state index contributed by atoms with van der Waals surface area (Å²) in [5.74, 6) is -2.34. The van der Waals surface area contributed by atoms with Crippen molar-refractivity contribution in [2.75, 3.05) is 14.2 Å². The molecule has 1 atom stereocenters. The molecule has 1 aromatic carbocycles. The zero-order chi connectivity index (χ0) is 14.4. The van der Waals surface area contributed by atoms with Gasteiger partial charge >= 0.3 is 5.97 Å². The van der Waals surface area contributed by atoms with Gasteiger partial charge in [0.25, 0.3) is 5.78 Å². The molecule has 0 aliphatic heterocycles. The van der Waals surface area contributed by atoms with Crippen LogP contribution < -0.4 is 4.74 Å². The Morgan fingerprint density at radius 1 is 1.37 bits per heavy atom. The summed E-state index contributed by atoms with van der Waals surface area (Å²) in [6, 6.07) is 6.82. The average Bonchev–Trinajstić information content (AvgIpc) is 2.46. The third-order valence-electron chi connectivity index (χ3n) is 2.80. The van der Waals surface area contributed by atoms with Crippen LogP contribution in [0, 0.1) is 11.3 Å². The van der Waals surface area contributed by atoms with Gasteiger partial charge in [-0.15, -0.1) is 0 Å². The van der Waals surface area contributed by atoms with Gasteiger partial charge in [0.15, 0.2) is 0 Å². The van der Waals surface area contributed by atoms with E-state index in [2.05, 4.69) is 4.74 Å². The molecule has 1 unspecified atom stereocenters. The monoisotopic (exact) mass is 261 g/mol. The Labute approximate surface area is 111 Å². The number of carbonyl (C=O) groups excluding carboxylic acids is 2. The van der Waals surface area contributed by atoms with Gasteiger partial charge in [-0.05, 0) is 23.6 Å². The van der Waals surface area contributed by atoms with Crippen LogP contribution in [0.2, 0.25) is 0 Å². The standard InChI is InChI=1S/C14H15NO4/c1-4-9-7-10(5-6-12(9)18-2)11(8-15)13(16)14(17)19-3/h5-7,11H,4H2,1-3H3. The first-order valence-electron chi connectivity index (χ1n) is 5.77. The molecule has 0 N–H and O–H groups in total. The van der Waals surface area contributed by atoms with Gasteiger partial charge in [-0.2, -0.15) is 5.26 Å². The third kappa shape index (κ3) is 3.10. The van der Waals surface area contributed by atoms with Crippen molar-refractivity contribution in [2.24, 2.45) is 0 Å². The molecule has 0 fully saturated rings. The molecule has 0 aliphatic carbocycles. The van der Waals surface area contributed by atoms with Crippen LogP contribution in [-0.4, -0.2) is 26.0 Å². The molecule has 100 valence electrons. The van der Waals surface area contributed by atoms with Crippen molar-refractivity contribution in [1.29, 1.82) is 5.26 Å². The Balaban J connectivity index is 3.17. The molecular formula is C14H15NO4. The van der Waals surface area contributed by atoms with Gasteiger partial charge in [0.1, 0.15) is 11.7 Å². The van der Waals surface area contributed by atoms with Gasteiger partial charge in [-0.25, -0.2) is 4.79 Å². The van der Waals surface area contributed by atoms with Crippen molar-refractivity contribution < 1.29 is 19.1 Å². The minimum absolute atomic E-state index is 0.468. The number of esters is 1. The highest BCUT2D eigenvalue weighted by Gasteiger charge is 2.28. The van der Waals surface area contributed by atoms with E-state index in [0.29, 0.717) is 17.7 Å². The Kier molecular flexibility index (Phi) is 5.07. The van der Waals surface area contributed by atoms with Gasteiger partial charge in [-0.3, -0.25) is 4.79 Å². The summed E-state index contributed by atoms with van der Waals surface area (Å²) in [7, 11) is 2.66. The summed E-state index contributed by atoms with van der Waals surface area (Å²) in [6.07, 6.45) is 0.696. The number of aryl methyl sites for hydroxylation is 1. The van der Waals surface area contributed by atoms with Crippen molar-refractivity contribution >= 4 is 11.8 Å². The highest BCUT2D eigenvalue weighted by Crippen LogP contribution is 2.25. The molecule has 1 rings (SSSR count). The highest BCUT2D eigenvalue weighted by atomic mass is 16.5. The third-order valence-corrected chi connectivity index (χ3v) is 2.80. The Morgan fingerprint density at radius 2 is 2.05 bits per heavy atom. The quantitative estimate of drug-likeness (QED) is 0.594. The molecule has 0 amide bonds. The fourth-order valence-corrected chi connectivity index (χ4v) is 1.76. The number of Topliss-reactive ketones (excluding diaryl/α,β-unsaturated/α-hetero) is 1. The molecule has 5 nitrogen and oxygen atoms in total. The van der Waals surface area contributed by atoms with Gasteiger partial charge in [-0.1, -0.05) is 19.1 Å². The summed E-state index contributed by atoms with van der Waals surface area (Å²) >= 11 is 0. The van der Waals surface area contributed by atoms with E-state index in [4.69, 9.17) is 10.00 Å². The first-order valence-corrected chi connectivity index (χ1v) is 5.77. The number of hydrogen-bond donors (Lipinski definition) is 0. The highest BCUT2D eigenvalue weighted by molar-refractivity contribution is 6.36. The molecule has 0 saturated heterocycles. The smallest absolute Gasteiger partial charge is 0.376 e. The van der Waals surface area contributed by atoms with Crippen LogP contribution >= 0.6 is 0 Å². The number of hydrogen-bond acceptors (Lipinski definition) is 5. The lowest BCUT2D eigenvalue weighted by Crippen LogP contribution is -2.22. The molecule has 0 aromatic heterocycles. The summed E-state index contributed by atoms with van der Waals surface area (Å²) in [4.78, 5) is 22.9. The minimum atomic E-state index is -1.15. The summed E-state index contributed by atoms with van der Waals surface area (Å²) < 4.78 is 9.53. The predicted octanol–water partition coefficient (Wildman–Crippen LogP) is 1.61. The van der Waals surface area contributed by atoms with E-state index in [1.165, 1.54) is 0 Å². The molecule has 19 heavy (non-hydrogen) atoms. The number of carbonyl (C=O) groups is 2. The SMILES string of the molecule is CCc1cc(C(C#N)C(=O)C(=O)OC)ccc1OC. The van der Waals surface area contributed by atoms with Gasteiger partial charge in [0.05, 0.1) is 20.3 Å². The van der Waals surface area contributed by atoms with Crippen LogP contribution in [0.15, 0.2) is 18.2 Å². The second kappa shape index (κ2) is 6.55. The summed E-state index contributed by atoms with van der Waals surface area (Å²) in [5.41, 5.74) is 1.34. The molecule has 0 spiro atoms. The number of ether oxygens (including phenoxy) is 2. The second-order valence-electron chi connectivity index (χ2n) is 3.84. The minimum Gasteiger partial charge on any atom is -0.496 e. The maximum Gasteiger partial charge on any atom is 0.376 e. The van der Waals surface area contributed by atoms with Crippen molar-refractivity contribution in [3.05, 3.63) is 29.3 Å². The number of rotatable bonds is 5. The molecule has 0 bridgehead atoms. The lowest BCUT2D eigenvalue weighted by Gasteiger charge is -2.11. The predicted molar refractivity (Wildman–Crippen MR) is 67.7 cm³/mol. The molecule has 5 heteroatoms. The Bertz CT molecular complexity index is 531. The van der Waals surface area contributed by atoms with E-state index in [9.17, 15) is 9.59 Å². The van der Waals surface area contributed by atoms with Crippen LogP contribution in [0.5, 0.6) is 5.75 Å². The zero-order valence-corrected chi connectivity index (χ0v) is 11.1. The fraction of sp³-hybridized carbons (Fsp3) is 0.357. The fourth-order valence-electron chi connectivity index (χ4n) is 1.76. The van der Waals surface area contributed by atoms with Crippen LogP contribution in [0.3, 0.4) is 0 Å². The largest absolute Gasteiger partial charge is 0.496 e. The summed E-state index contributed by atoms with van der Waals surface area (Å²) in [6.45, 7) is 1.94. The van der Waals surface area contributed by atoms with Crippen molar-refractivity contribution in [3.63, 3.8) is 0 Å². The van der Waals surface area contributed by atoms with Crippen molar-refractivity contribution in [1.82, 2.24) is 0 Å². The lowest BCUT2D eigenvalue weighted by atomic mass is 9.93. The summed E-state index contributed by atoms with van der Waals surface area (Å²) in [5, 5.41) is 9.07. The van der Waals surface area contributed by atoms with E-state index in [1.807, 2.05) is 13.0 Å². The first kappa shape index (κ1) is 14.7. The van der Waals surface area contributed by atoms with Crippen LogP contribution in [0.4, 0.5) is 0 Å². The van der Waals surface area contributed by atoms with Crippen LogP contribution in [0.25, 0.3) is 0 Å². The second-order valence-corrected chi connectivity index (χ2v) is 3.84. The average molecular weight is 261 g/mol. The van der Waals surface area contributed by atoms with Crippen LogP contribution in [-0.2, 0) is 20.7 Å². The topological polar surface area (TPSA) is 76.4 Å². The number of ketones is 1.